The Morgan fingerprint density at radius 3 is 2.75 bits per heavy atom. The van der Waals surface area contributed by atoms with Crippen molar-refractivity contribution in [3.05, 3.63) is 31.9 Å². The maximum atomic E-state index is 11.1. The van der Waals surface area contributed by atoms with Gasteiger partial charge in [-0.3, -0.25) is 15.5 Å². The summed E-state index contributed by atoms with van der Waals surface area (Å²) in [6.07, 6.45) is 1.72. The third-order valence-electron chi connectivity index (χ3n) is 2.47. The second-order valence-corrected chi connectivity index (χ2v) is 5.25. The van der Waals surface area contributed by atoms with E-state index in [2.05, 4.69) is 25.7 Å². The molecule has 0 aromatic carbocycles. The lowest BCUT2D eigenvalue weighted by Crippen LogP contribution is -2.14. The molecular weight excluding hydrogens is 282 g/mol. The molecule has 0 aliphatic carbocycles. The normalized spacial score (nSPS) is 10.3. The van der Waals surface area contributed by atoms with Gasteiger partial charge in [0.25, 0.3) is 0 Å². The van der Waals surface area contributed by atoms with Crippen LogP contribution in [0.15, 0.2) is 6.20 Å². The van der Waals surface area contributed by atoms with Crippen molar-refractivity contribution in [2.45, 2.75) is 20.4 Å². The number of nitrogens with zero attached hydrogens (tertiary/aromatic N) is 4. The molecule has 0 atom stereocenters. The molecule has 2 aromatic heterocycles. The molecule has 10 heteroatoms. The van der Waals surface area contributed by atoms with Gasteiger partial charge >= 0.3 is 5.69 Å². The highest BCUT2D eigenvalue weighted by Gasteiger charge is 2.21. The number of aromatic nitrogens is 3. The van der Waals surface area contributed by atoms with Crippen molar-refractivity contribution in [1.29, 1.82) is 0 Å². The first-order valence-electron chi connectivity index (χ1n) is 5.66. The van der Waals surface area contributed by atoms with Crippen molar-refractivity contribution in [3.63, 3.8) is 0 Å². The molecule has 0 spiro atoms. The van der Waals surface area contributed by atoms with Gasteiger partial charge in [0.05, 0.1) is 16.5 Å². The number of anilines is 2. The first kappa shape index (κ1) is 14.1. The number of hydrogen-bond acceptors (Lipinski definition) is 9. The van der Waals surface area contributed by atoms with Gasteiger partial charge in [-0.15, -0.1) is 11.3 Å². The molecule has 0 amide bonds. The molecule has 0 aliphatic heterocycles. The number of nitro groups is 1. The first-order chi connectivity index (χ1) is 9.51. The van der Waals surface area contributed by atoms with Crippen LogP contribution in [0.1, 0.15) is 15.6 Å². The fourth-order valence-corrected chi connectivity index (χ4v) is 2.37. The van der Waals surface area contributed by atoms with Gasteiger partial charge in [-0.25, -0.2) is 15.8 Å². The van der Waals surface area contributed by atoms with Crippen LogP contribution in [0.4, 0.5) is 17.5 Å². The molecule has 20 heavy (non-hydrogen) atoms. The van der Waals surface area contributed by atoms with Gasteiger partial charge in [0.1, 0.15) is 5.69 Å². The largest absolute Gasteiger partial charge is 0.359 e. The van der Waals surface area contributed by atoms with Crippen molar-refractivity contribution in [1.82, 2.24) is 15.0 Å². The van der Waals surface area contributed by atoms with Crippen LogP contribution < -0.4 is 16.6 Å². The Kier molecular flexibility index (Phi) is 4.05. The molecule has 0 radical (unpaired) electrons. The van der Waals surface area contributed by atoms with Gasteiger partial charge in [0.15, 0.2) is 0 Å². The minimum absolute atomic E-state index is 0.121. The highest BCUT2D eigenvalue weighted by atomic mass is 32.1. The Morgan fingerprint density at radius 2 is 2.20 bits per heavy atom. The zero-order valence-corrected chi connectivity index (χ0v) is 11.7. The number of nitrogens with one attached hydrogen (secondary N) is 2. The van der Waals surface area contributed by atoms with E-state index < -0.39 is 4.92 Å². The van der Waals surface area contributed by atoms with Gasteiger partial charge in [-0.05, 0) is 13.8 Å². The monoisotopic (exact) mass is 295 g/mol. The van der Waals surface area contributed by atoms with Crippen molar-refractivity contribution in [3.8, 4) is 0 Å². The predicted octanol–water partition coefficient (Wildman–Crippen LogP) is 1.36. The molecule has 0 saturated carbocycles. The van der Waals surface area contributed by atoms with Crippen LogP contribution in [0.25, 0.3) is 0 Å². The standard InChI is InChI=1S/C10H13N7O2S/c1-5-8(17(18)19)9(15-10(14-5)16-11)13-4-7-3-12-6(2)20-7/h3H,4,11H2,1-2H3,(H2,13,14,15,16). The highest BCUT2D eigenvalue weighted by Crippen LogP contribution is 2.27. The van der Waals surface area contributed by atoms with Gasteiger partial charge in [0.2, 0.25) is 11.8 Å². The molecular formula is C10H13N7O2S. The third kappa shape index (κ3) is 2.97. The van der Waals surface area contributed by atoms with Gasteiger partial charge in [0, 0.05) is 11.1 Å². The number of aryl methyl sites for hydroxylation is 2. The molecule has 106 valence electrons. The van der Waals surface area contributed by atoms with Crippen molar-refractivity contribution in [2.75, 3.05) is 10.7 Å². The number of nitrogens with two attached hydrogens (primary N) is 1. The maximum absolute atomic E-state index is 11.1. The molecule has 0 bridgehead atoms. The van der Waals surface area contributed by atoms with E-state index in [1.807, 2.05) is 6.92 Å². The summed E-state index contributed by atoms with van der Waals surface area (Å²) in [6.45, 7) is 3.82. The van der Waals surface area contributed by atoms with Crippen LogP contribution in [-0.4, -0.2) is 19.9 Å². The second-order valence-electron chi connectivity index (χ2n) is 3.93. The molecule has 9 nitrogen and oxygen atoms in total. The quantitative estimate of drug-likeness (QED) is 0.428. The summed E-state index contributed by atoms with van der Waals surface area (Å²) >= 11 is 1.51. The molecule has 0 fully saturated rings. The molecule has 0 saturated heterocycles. The van der Waals surface area contributed by atoms with Crippen LogP contribution in [0.5, 0.6) is 0 Å². The zero-order chi connectivity index (χ0) is 14.7. The third-order valence-corrected chi connectivity index (χ3v) is 3.38. The highest BCUT2D eigenvalue weighted by molar-refractivity contribution is 7.11. The van der Waals surface area contributed by atoms with E-state index in [1.54, 1.807) is 6.20 Å². The fraction of sp³-hybridized carbons (Fsp3) is 0.300. The summed E-state index contributed by atoms with van der Waals surface area (Å²) in [4.78, 5) is 23.5. The summed E-state index contributed by atoms with van der Waals surface area (Å²) in [5, 5.41) is 14.9. The molecule has 2 heterocycles. The summed E-state index contributed by atoms with van der Waals surface area (Å²) in [5.41, 5.74) is 2.36. The van der Waals surface area contributed by atoms with Gasteiger partial charge in [-0.2, -0.15) is 4.98 Å². The first-order valence-corrected chi connectivity index (χ1v) is 6.47. The molecule has 0 unspecified atom stereocenters. The Hall–Kier alpha value is -2.33. The summed E-state index contributed by atoms with van der Waals surface area (Å²) in [6, 6.07) is 0. The van der Waals surface area contributed by atoms with Gasteiger partial charge < -0.3 is 5.32 Å². The van der Waals surface area contributed by atoms with Crippen LogP contribution in [0, 0.1) is 24.0 Å². The summed E-state index contributed by atoms with van der Waals surface area (Å²) < 4.78 is 0. The average Bonchev–Trinajstić information content (AvgIpc) is 2.81. The summed E-state index contributed by atoms with van der Waals surface area (Å²) in [7, 11) is 0. The molecule has 0 aliphatic rings. The van der Waals surface area contributed by atoms with Crippen LogP contribution >= 0.6 is 11.3 Å². The lowest BCUT2D eigenvalue weighted by atomic mass is 10.3. The predicted molar refractivity (Wildman–Crippen MR) is 75.4 cm³/mol. The van der Waals surface area contributed by atoms with Crippen LogP contribution in [-0.2, 0) is 6.54 Å². The average molecular weight is 295 g/mol. The Morgan fingerprint density at radius 1 is 1.45 bits per heavy atom. The van der Waals surface area contributed by atoms with Gasteiger partial charge in [-0.1, -0.05) is 0 Å². The van der Waals surface area contributed by atoms with E-state index in [0.717, 1.165) is 9.88 Å². The number of hydrogen-bond donors (Lipinski definition) is 3. The number of nitrogen functional groups attached to an aromatic ring is 1. The van der Waals surface area contributed by atoms with Crippen molar-refractivity contribution < 1.29 is 4.92 Å². The molecule has 2 aromatic rings. The number of rotatable bonds is 5. The van der Waals surface area contributed by atoms with Crippen molar-refractivity contribution >= 4 is 28.8 Å². The Bertz CT molecular complexity index is 643. The molecule has 4 N–H and O–H groups in total. The Balaban J connectivity index is 2.28. The minimum Gasteiger partial charge on any atom is -0.359 e. The van der Waals surface area contributed by atoms with Crippen LogP contribution in [0.3, 0.4) is 0 Å². The van der Waals surface area contributed by atoms with E-state index >= 15 is 0 Å². The lowest BCUT2D eigenvalue weighted by Gasteiger charge is -2.08. The fourth-order valence-electron chi connectivity index (χ4n) is 1.63. The van der Waals surface area contributed by atoms with Crippen LogP contribution in [0.2, 0.25) is 0 Å². The van der Waals surface area contributed by atoms with E-state index in [-0.39, 0.29) is 23.1 Å². The number of hydrazine groups is 1. The zero-order valence-electron chi connectivity index (χ0n) is 10.9. The van der Waals surface area contributed by atoms with E-state index in [0.29, 0.717) is 6.54 Å². The Labute approximate surface area is 118 Å². The number of thiazole rings is 1. The van der Waals surface area contributed by atoms with E-state index in [4.69, 9.17) is 5.84 Å². The molecule has 2 rings (SSSR count). The second kappa shape index (κ2) is 5.75. The minimum atomic E-state index is -0.518. The summed E-state index contributed by atoms with van der Waals surface area (Å²) in [5.74, 6) is 5.49. The maximum Gasteiger partial charge on any atom is 0.332 e. The van der Waals surface area contributed by atoms with Crippen molar-refractivity contribution in [2.24, 2.45) is 5.84 Å². The smallest absolute Gasteiger partial charge is 0.332 e. The van der Waals surface area contributed by atoms with E-state index in [1.165, 1.54) is 18.3 Å². The topological polar surface area (TPSA) is 132 Å². The SMILES string of the molecule is Cc1ncc(CNc2nc(NN)nc(C)c2[N+](=O)[O-])s1. The van der Waals surface area contributed by atoms with E-state index in [9.17, 15) is 10.1 Å². The lowest BCUT2D eigenvalue weighted by molar-refractivity contribution is -0.385.